The molecule has 65 heavy (non-hydrogen) atoms. The molecule has 1 aromatic heterocycles. The SMILES string of the molecule is CN(C)C(=O)[C@H](Cc1ccccc1)NC(=O)C1O[C@@H]1C(=O)NCCc1ccccn1.CN(C)C(=O)[C@H](Cc1ccccc1)NC(=O)C1O[C@@H]1C(=O)N[C@@H](Cc1ccccc1)C(=O)N(C)C. The molecule has 2 unspecified atom stereocenters. The van der Waals surface area contributed by atoms with Crippen LogP contribution in [0.2, 0.25) is 0 Å². The molecule has 3 aromatic carbocycles. The topological polar surface area (TPSA) is 215 Å². The van der Waals surface area contributed by atoms with Crippen molar-refractivity contribution in [2.24, 2.45) is 0 Å². The number of ether oxygens (including phenoxy) is 2. The molecular weight excluding hydrogens is 833 g/mol. The minimum Gasteiger partial charge on any atom is -0.353 e. The number of likely N-dealkylation sites (N-methyl/N-ethyl adjacent to an activating group) is 3. The van der Waals surface area contributed by atoms with E-state index in [9.17, 15) is 33.6 Å². The van der Waals surface area contributed by atoms with Crippen molar-refractivity contribution >= 4 is 41.4 Å². The Morgan fingerprint density at radius 3 is 1.11 bits per heavy atom. The monoisotopic (exact) mass is 890 g/mol. The first kappa shape index (κ1) is 49.0. The quantitative estimate of drug-likeness (QED) is 0.0968. The average molecular weight is 891 g/mol. The van der Waals surface area contributed by atoms with Gasteiger partial charge in [0, 0.05) is 86.4 Å². The number of benzene rings is 3. The van der Waals surface area contributed by atoms with Gasteiger partial charge in [-0.15, -0.1) is 0 Å². The van der Waals surface area contributed by atoms with Crippen molar-refractivity contribution < 1.29 is 43.0 Å². The molecule has 17 nitrogen and oxygen atoms in total. The van der Waals surface area contributed by atoms with Crippen molar-refractivity contribution in [1.82, 2.24) is 41.0 Å². The standard InChI is InChI=1S/C26H32N4O5.C22H26N4O4/c1-29(2)25(33)19(15-17-11-7-5-8-12-17)27-23(31)21-22(35-21)24(32)28-20(26(34)30(3)4)16-18-13-9-6-10-14-18;1-26(2)22(29)17(14-15-8-4-3-5-9-15)25-21(28)19-18(30-19)20(27)24-13-11-16-10-6-7-12-23-16/h5-14,19-22H,15-16H2,1-4H3,(H,27,31)(H,28,32);3-10,12,17-19H,11,13-14H2,1-2H3,(H,24,27)(H,25,28)/t19-,20-,21-,22?;17-,18-,19?/m00/s1. The van der Waals surface area contributed by atoms with Gasteiger partial charge in [0.2, 0.25) is 17.7 Å². The highest BCUT2D eigenvalue weighted by molar-refractivity contribution is 5.99. The summed E-state index contributed by atoms with van der Waals surface area (Å²) in [6.07, 6.45) is -0.488. The molecule has 344 valence electrons. The first-order valence-electron chi connectivity index (χ1n) is 21.3. The third kappa shape index (κ3) is 15.1. The van der Waals surface area contributed by atoms with Gasteiger partial charge in [0.15, 0.2) is 24.4 Å². The molecule has 17 heteroatoms. The van der Waals surface area contributed by atoms with Crippen molar-refractivity contribution in [3.63, 3.8) is 0 Å². The number of nitrogens with one attached hydrogen (secondary N) is 4. The number of hydrogen-bond donors (Lipinski definition) is 4. The number of epoxide rings is 2. The van der Waals surface area contributed by atoms with Gasteiger partial charge in [-0.05, 0) is 28.8 Å². The predicted molar refractivity (Wildman–Crippen MR) is 241 cm³/mol. The van der Waals surface area contributed by atoms with Crippen LogP contribution in [0.4, 0.5) is 0 Å². The highest BCUT2D eigenvalue weighted by atomic mass is 16.6. The Labute approximate surface area is 379 Å². The van der Waals surface area contributed by atoms with Crippen molar-refractivity contribution in [1.29, 1.82) is 0 Å². The van der Waals surface area contributed by atoms with E-state index in [0.717, 1.165) is 22.4 Å². The molecule has 0 bridgehead atoms. The predicted octanol–water partition coefficient (Wildman–Crippen LogP) is 0.709. The fourth-order valence-electron chi connectivity index (χ4n) is 6.83. The van der Waals surface area contributed by atoms with Gasteiger partial charge in [0.05, 0.1) is 0 Å². The third-order valence-electron chi connectivity index (χ3n) is 10.4. The minimum absolute atomic E-state index is 0.218. The molecule has 2 aliphatic heterocycles. The summed E-state index contributed by atoms with van der Waals surface area (Å²) in [5, 5.41) is 10.9. The summed E-state index contributed by atoms with van der Waals surface area (Å²) in [5.41, 5.74) is 3.59. The van der Waals surface area contributed by atoms with Crippen LogP contribution in [0.3, 0.4) is 0 Å². The van der Waals surface area contributed by atoms with E-state index < -0.39 is 60.3 Å². The van der Waals surface area contributed by atoms with Gasteiger partial charge in [-0.1, -0.05) is 97.1 Å². The zero-order valence-corrected chi connectivity index (χ0v) is 37.5. The molecule has 2 saturated heterocycles. The maximum absolute atomic E-state index is 12.8. The van der Waals surface area contributed by atoms with E-state index in [0.29, 0.717) is 32.2 Å². The van der Waals surface area contributed by atoms with Crippen LogP contribution in [0.1, 0.15) is 22.4 Å². The van der Waals surface area contributed by atoms with E-state index in [2.05, 4.69) is 26.3 Å². The Morgan fingerprint density at radius 1 is 0.477 bits per heavy atom. The number of rotatable bonds is 19. The molecular formula is C48H58N8O9. The average Bonchev–Trinajstić information content (AvgIpc) is 4.24. The second kappa shape index (κ2) is 23.6. The van der Waals surface area contributed by atoms with Gasteiger partial charge in [-0.25, -0.2) is 0 Å². The van der Waals surface area contributed by atoms with Gasteiger partial charge in [-0.2, -0.15) is 0 Å². The number of pyridine rings is 1. The summed E-state index contributed by atoms with van der Waals surface area (Å²) < 4.78 is 10.6. The van der Waals surface area contributed by atoms with E-state index in [1.807, 2.05) is 109 Å². The van der Waals surface area contributed by atoms with Crippen LogP contribution < -0.4 is 21.3 Å². The molecule has 0 saturated carbocycles. The Hall–Kier alpha value is -6.98. The number of aromatic nitrogens is 1. The van der Waals surface area contributed by atoms with Crippen LogP contribution in [0.15, 0.2) is 115 Å². The van der Waals surface area contributed by atoms with Crippen LogP contribution in [0.25, 0.3) is 0 Å². The Morgan fingerprint density at radius 2 is 0.800 bits per heavy atom. The lowest BCUT2D eigenvalue weighted by molar-refractivity contribution is -0.135. The van der Waals surface area contributed by atoms with Gasteiger partial charge < -0.3 is 45.4 Å². The molecule has 7 amide bonds. The number of hydrogen-bond acceptors (Lipinski definition) is 10. The summed E-state index contributed by atoms with van der Waals surface area (Å²) in [4.78, 5) is 96.6. The fourth-order valence-corrected chi connectivity index (χ4v) is 6.83. The molecule has 7 atom stereocenters. The molecule has 0 aliphatic carbocycles. The van der Waals surface area contributed by atoms with Crippen molar-refractivity contribution in [2.75, 3.05) is 48.8 Å². The van der Waals surface area contributed by atoms with E-state index in [4.69, 9.17) is 9.47 Å². The second-order valence-corrected chi connectivity index (χ2v) is 16.3. The first-order chi connectivity index (χ1) is 31.1. The Kier molecular flexibility index (Phi) is 17.8. The molecule has 4 aromatic rings. The van der Waals surface area contributed by atoms with Gasteiger partial charge in [-0.3, -0.25) is 38.5 Å². The summed E-state index contributed by atoms with van der Waals surface area (Å²) in [6, 6.07) is 31.4. The van der Waals surface area contributed by atoms with E-state index >= 15 is 0 Å². The highest BCUT2D eigenvalue weighted by Gasteiger charge is 2.52. The highest BCUT2D eigenvalue weighted by Crippen LogP contribution is 2.24. The normalized spacial score (nSPS) is 18.1. The molecule has 2 aliphatic rings. The number of amides is 7. The van der Waals surface area contributed by atoms with Gasteiger partial charge >= 0.3 is 0 Å². The van der Waals surface area contributed by atoms with Gasteiger partial charge in [0.1, 0.15) is 18.1 Å². The van der Waals surface area contributed by atoms with Crippen LogP contribution in [0.5, 0.6) is 0 Å². The van der Waals surface area contributed by atoms with Crippen LogP contribution in [-0.4, -0.2) is 152 Å². The van der Waals surface area contributed by atoms with E-state index in [-0.39, 0.29) is 23.6 Å². The maximum atomic E-state index is 12.8. The largest absolute Gasteiger partial charge is 0.353 e. The molecule has 3 heterocycles. The lowest BCUT2D eigenvalue weighted by Crippen LogP contribution is -2.51. The van der Waals surface area contributed by atoms with Crippen LogP contribution >= 0.6 is 0 Å². The smallest absolute Gasteiger partial charge is 0.253 e. The summed E-state index contributed by atoms with van der Waals surface area (Å²) in [6.45, 7) is 0.403. The Bertz CT molecular complexity index is 2150. The van der Waals surface area contributed by atoms with E-state index in [1.54, 1.807) is 48.5 Å². The van der Waals surface area contributed by atoms with Crippen molar-refractivity contribution in [3.05, 3.63) is 138 Å². The first-order valence-corrected chi connectivity index (χ1v) is 21.3. The molecule has 6 rings (SSSR count). The molecule has 4 N–H and O–H groups in total. The summed E-state index contributed by atoms with van der Waals surface area (Å²) in [5.74, 6) is -2.63. The second-order valence-electron chi connectivity index (χ2n) is 16.3. The number of carbonyl (C=O) groups is 7. The van der Waals surface area contributed by atoms with Crippen LogP contribution in [0, 0.1) is 0 Å². The van der Waals surface area contributed by atoms with Crippen molar-refractivity contribution in [2.45, 2.75) is 68.2 Å². The summed E-state index contributed by atoms with van der Waals surface area (Å²) >= 11 is 0. The minimum atomic E-state index is -1.02. The number of carbonyl (C=O) groups excluding carboxylic acids is 7. The zero-order valence-electron chi connectivity index (χ0n) is 37.5. The fraction of sp³-hybridized carbons (Fsp3) is 0.375. The summed E-state index contributed by atoms with van der Waals surface area (Å²) in [7, 11) is 9.74. The van der Waals surface area contributed by atoms with Gasteiger partial charge in [0.25, 0.3) is 23.6 Å². The molecule has 0 spiro atoms. The van der Waals surface area contributed by atoms with E-state index in [1.165, 1.54) is 14.7 Å². The molecule has 0 radical (unpaired) electrons. The number of nitrogens with zero attached hydrogens (tertiary/aromatic N) is 4. The van der Waals surface area contributed by atoms with Crippen molar-refractivity contribution in [3.8, 4) is 0 Å². The molecule has 2 fully saturated rings. The lowest BCUT2D eigenvalue weighted by atomic mass is 10.0. The lowest BCUT2D eigenvalue weighted by Gasteiger charge is -2.22. The Balaban J connectivity index is 0.000000247. The maximum Gasteiger partial charge on any atom is 0.253 e. The third-order valence-corrected chi connectivity index (χ3v) is 10.4. The zero-order chi connectivity index (χ0) is 47.0. The van der Waals surface area contributed by atoms with Crippen LogP contribution in [-0.2, 0) is 68.7 Å².